The van der Waals surface area contributed by atoms with Gasteiger partial charge in [-0.15, -0.1) is 0 Å². The summed E-state index contributed by atoms with van der Waals surface area (Å²) in [7, 11) is 0. The quantitative estimate of drug-likeness (QED) is 0.397. The molecule has 1 spiro atoms. The van der Waals surface area contributed by atoms with E-state index >= 15 is 0 Å². The van der Waals surface area contributed by atoms with Crippen LogP contribution in [0.1, 0.15) is 53.7 Å². The summed E-state index contributed by atoms with van der Waals surface area (Å²) < 4.78 is 5.85. The molecule has 0 aliphatic carbocycles. The van der Waals surface area contributed by atoms with Crippen molar-refractivity contribution in [1.82, 2.24) is 20.2 Å². The van der Waals surface area contributed by atoms with Crippen molar-refractivity contribution < 1.29 is 14.3 Å². The summed E-state index contributed by atoms with van der Waals surface area (Å²) in [6.45, 7) is 1.80. The molecule has 0 radical (unpaired) electrons. The lowest BCUT2D eigenvalue weighted by Crippen LogP contribution is -2.45. The highest BCUT2D eigenvalue weighted by Crippen LogP contribution is 2.36. The predicted octanol–water partition coefficient (Wildman–Crippen LogP) is 3.79. The zero-order valence-corrected chi connectivity index (χ0v) is 22.9. The van der Waals surface area contributed by atoms with E-state index in [1.165, 1.54) is 0 Å². The number of piperidine rings is 1. The van der Waals surface area contributed by atoms with Gasteiger partial charge in [-0.05, 0) is 48.9 Å². The van der Waals surface area contributed by atoms with Crippen molar-refractivity contribution in [3.05, 3.63) is 76.6 Å². The number of carbonyl (C=O) groups is 2. The standard InChI is InChI=1S/C29H32ClN7O3/c30-25-27(32)35-26(31)24(34-25)28(39)33-22-12-13-29(36-22)14-16-37(17-15-29)23(38)11-8-19-6-9-21(10-7-19)40-18-20-4-2-1-3-5-20/h1-7,9-10H,8,11-18H2,(H4,31,32,35)(H,33,36,39). The third-order valence-electron chi connectivity index (χ3n) is 7.42. The Kier molecular flexibility index (Phi) is 8.16. The van der Waals surface area contributed by atoms with Crippen molar-refractivity contribution in [3.63, 3.8) is 0 Å². The molecule has 2 aliphatic rings. The van der Waals surface area contributed by atoms with Gasteiger partial charge < -0.3 is 26.4 Å². The van der Waals surface area contributed by atoms with E-state index in [1.54, 1.807) is 0 Å². The normalized spacial score (nSPS) is 16.0. The molecular formula is C29H32ClN7O3. The summed E-state index contributed by atoms with van der Waals surface area (Å²) in [6, 6.07) is 18.0. The maximum absolute atomic E-state index is 12.9. The smallest absolute Gasteiger partial charge is 0.279 e. The molecule has 0 unspecified atom stereocenters. The van der Waals surface area contributed by atoms with Gasteiger partial charge in [0, 0.05) is 25.9 Å². The summed E-state index contributed by atoms with van der Waals surface area (Å²) in [4.78, 5) is 40.1. The summed E-state index contributed by atoms with van der Waals surface area (Å²) in [5.74, 6) is 0.884. The molecule has 3 aromatic rings. The largest absolute Gasteiger partial charge is 0.489 e. The molecule has 2 aliphatic heterocycles. The van der Waals surface area contributed by atoms with Crippen LogP contribution in [0.5, 0.6) is 5.75 Å². The number of nitrogens with one attached hydrogen (secondary N) is 1. The second kappa shape index (κ2) is 11.9. The number of hydrogen-bond acceptors (Lipinski definition) is 8. The average Bonchev–Trinajstić information content (AvgIpc) is 3.35. The summed E-state index contributed by atoms with van der Waals surface area (Å²) >= 11 is 5.90. The van der Waals surface area contributed by atoms with Crippen molar-refractivity contribution in [2.45, 2.75) is 50.7 Å². The highest BCUT2D eigenvalue weighted by molar-refractivity contribution is 6.31. The van der Waals surface area contributed by atoms with Gasteiger partial charge >= 0.3 is 0 Å². The van der Waals surface area contributed by atoms with E-state index in [4.69, 9.17) is 32.8 Å². The molecule has 0 bridgehead atoms. The number of aliphatic imine (C=N–C) groups is 1. The number of halogens is 1. The van der Waals surface area contributed by atoms with E-state index < -0.39 is 5.91 Å². The van der Waals surface area contributed by atoms with Crippen LogP contribution in [-0.2, 0) is 17.8 Å². The Bertz CT molecular complexity index is 1410. The van der Waals surface area contributed by atoms with Gasteiger partial charge in [0.25, 0.3) is 5.91 Å². The highest BCUT2D eigenvalue weighted by atomic mass is 35.5. The number of anilines is 2. The molecule has 10 nitrogen and oxygen atoms in total. The van der Waals surface area contributed by atoms with Gasteiger partial charge in [-0.1, -0.05) is 54.1 Å². The Labute approximate surface area is 237 Å². The van der Waals surface area contributed by atoms with Crippen LogP contribution in [0.4, 0.5) is 11.6 Å². The monoisotopic (exact) mass is 561 g/mol. The third-order valence-corrected chi connectivity index (χ3v) is 7.70. The topological polar surface area (TPSA) is 149 Å². The molecule has 2 amide bonds. The Balaban J connectivity index is 1.07. The minimum Gasteiger partial charge on any atom is -0.489 e. The minimum atomic E-state index is -0.522. The molecule has 2 aromatic carbocycles. The highest BCUT2D eigenvalue weighted by Gasteiger charge is 2.39. The minimum absolute atomic E-state index is 0.0313. The molecule has 208 valence electrons. The fourth-order valence-corrected chi connectivity index (χ4v) is 5.20. The first-order valence-corrected chi connectivity index (χ1v) is 13.7. The Morgan fingerprint density at radius 1 is 0.950 bits per heavy atom. The van der Waals surface area contributed by atoms with Gasteiger partial charge in [-0.2, -0.15) is 0 Å². The number of amides is 2. The number of ether oxygens (including phenoxy) is 1. The van der Waals surface area contributed by atoms with E-state index in [0.717, 1.165) is 36.1 Å². The number of aryl methyl sites for hydroxylation is 1. The molecule has 0 saturated carbocycles. The first-order valence-electron chi connectivity index (χ1n) is 13.3. The molecule has 1 aromatic heterocycles. The van der Waals surface area contributed by atoms with Crippen LogP contribution in [0.15, 0.2) is 59.6 Å². The van der Waals surface area contributed by atoms with Crippen LogP contribution < -0.4 is 21.5 Å². The number of aromatic nitrogens is 2. The van der Waals surface area contributed by atoms with E-state index in [-0.39, 0.29) is 33.9 Å². The molecule has 5 rings (SSSR count). The molecule has 3 heterocycles. The Morgan fingerprint density at radius 2 is 1.68 bits per heavy atom. The average molecular weight is 562 g/mol. The van der Waals surface area contributed by atoms with Crippen molar-refractivity contribution in [3.8, 4) is 5.75 Å². The van der Waals surface area contributed by atoms with Gasteiger partial charge in [-0.3, -0.25) is 14.6 Å². The van der Waals surface area contributed by atoms with Gasteiger partial charge in [0.05, 0.1) is 5.54 Å². The van der Waals surface area contributed by atoms with Gasteiger partial charge in [0.15, 0.2) is 22.5 Å². The van der Waals surface area contributed by atoms with Crippen molar-refractivity contribution in [1.29, 1.82) is 0 Å². The fraction of sp³-hybridized carbons (Fsp3) is 0.345. The second-order valence-electron chi connectivity index (χ2n) is 10.2. The van der Waals surface area contributed by atoms with Crippen LogP contribution in [0, 0.1) is 0 Å². The maximum Gasteiger partial charge on any atom is 0.279 e. The molecule has 40 heavy (non-hydrogen) atoms. The zero-order valence-electron chi connectivity index (χ0n) is 22.1. The zero-order chi connectivity index (χ0) is 28.1. The predicted molar refractivity (Wildman–Crippen MR) is 154 cm³/mol. The van der Waals surface area contributed by atoms with Crippen LogP contribution in [-0.4, -0.2) is 51.1 Å². The van der Waals surface area contributed by atoms with Crippen molar-refractivity contribution in [2.24, 2.45) is 4.99 Å². The third kappa shape index (κ3) is 6.51. The Morgan fingerprint density at radius 3 is 2.40 bits per heavy atom. The van der Waals surface area contributed by atoms with Crippen LogP contribution in [0.3, 0.4) is 0 Å². The van der Waals surface area contributed by atoms with Gasteiger partial charge in [0.1, 0.15) is 18.2 Å². The lowest BCUT2D eigenvalue weighted by molar-refractivity contribution is -0.132. The van der Waals surface area contributed by atoms with Crippen LogP contribution in [0.25, 0.3) is 0 Å². The van der Waals surface area contributed by atoms with E-state index in [9.17, 15) is 9.59 Å². The first-order chi connectivity index (χ1) is 19.3. The number of benzene rings is 2. The van der Waals surface area contributed by atoms with Gasteiger partial charge in [0.2, 0.25) is 5.91 Å². The first kappa shape index (κ1) is 27.4. The molecule has 11 heteroatoms. The number of nitrogens with two attached hydrogens (primary N) is 2. The number of carbonyl (C=O) groups excluding carboxylic acids is 2. The number of hydrogen-bond donors (Lipinski definition) is 3. The van der Waals surface area contributed by atoms with Crippen LogP contribution in [0.2, 0.25) is 5.15 Å². The molecule has 1 fully saturated rings. The van der Waals surface area contributed by atoms with Crippen molar-refractivity contribution >= 4 is 40.9 Å². The SMILES string of the molecule is Nc1nc(N)c(C(=O)NC2=NC3(CC2)CCN(C(=O)CCc2ccc(OCc4ccccc4)cc2)CC3)nc1Cl. The van der Waals surface area contributed by atoms with E-state index in [0.29, 0.717) is 44.8 Å². The molecule has 0 atom stereocenters. The number of likely N-dealkylation sites (tertiary alicyclic amines) is 1. The van der Waals surface area contributed by atoms with Crippen molar-refractivity contribution in [2.75, 3.05) is 24.6 Å². The number of nitrogens with zero attached hydrogens (tertiary/aromatic N) is 4. The maximum atomic E-state index is 12.9. The molecule has 1 saturated heterocycles. The van der Waals surface area contributed by atoms with E-state index in [2.05, 4.69) is 15.3 Å². The number of rotatable bonds is 7. The summed E-state index contributed by atoms with van der Waals surface area (Å²) in [5, 5.41) is 2.71. The Hall–Kier alpha value is -4.18. The number of nitrogen functional groups attached to an aromatic ring is 2. The molecular weight excluding hydrogens is 530 g/mol. The summed E-state index contributed by atoms with van der Waals surface area (Å²) in [5.41, 5.74) is 13.2. The second-order valence-corrected chi connectivity index (χ2v) is 10.5. The summed E-state index contributed by atoms with van der Waals surface area (Å²) in [6.07, 6.45) is 4.07. The van der Waals surface area contributed by atoms with Gasteiger partial charge in [-0.25, -0.2) is 9.97 Å². The van der Waals surface area contributed by atoms with Crippen LogP contribution >= 0.6 is 11.6 Å². The molecule has 5 N–H and O–H groups in total. The lowest BCUT2D eigenvalue weighted by atomic mass is 9.86. The fourth-order valence-electron chi connectivity index (χ4n) is 5.08. The lowest BCUT2D eigenvalue weighted by Gasteiger charge is -2.37. The van der Waals surface area contributed by atoms with E-state index in [1.807, 2.05) is 59.5 Å². The number of amidine groups is 1.